The summed E-state index contributed by atoms with van der Waals surface area (Å²) in [5, 5.41) is 22.1. The highest BCUT2D eigenvalue weighted by atomic mass is 16.6. The Morgan fingerprint density at radius 2 is 2.35 bits per heavy atom. The van der Waals surface area contributed by atoms with Crippen molar-refractivity contribution in [3.63, 3.8) is 0 Å². The maximum atomic E-state index is 12.1. The van der Waals surface area contributed by atoms with Gasteiger partial charge in [0.2, 0.25) is 5.91 Å². The summed E-state index contributed by atoms with van der Waals surface area (Å²) in [6.45, 7) is 0.503. The van der Waals surface area contributed by atoms with Gasteiger partial charge in [0.1, 0.15) is 11.6 Å². The van der Waals surface area contributed by atoms with Crippen LogP contribution in [0.1, 0.15) is 12.0 Å². The summed E-state index contributed by atoms with van der Waals surface area (Å²) in [4.78, 5) is 22.1. The molecule has 0 aliphatic carbocycles. The molecule has 104 valence electrons. The molecule has 1 aromatic carbocycles. The van der Waals surface area contributed by atoms with Gasteiger partial charge in [0, 0.05) is 18.7 Å². The van der Waals surface area contributed by atoms with Gasteiger partial charge >= 0.3 is 0 Å². The first kappa shape index (κ1) is 13.9. The Balaban J connectivity index is 2.23. The van der Waals surface area contributed by atoms with Gasteiger partial charge in [0.05, 0.1) is 22.8 Å². The fourth-order valence-electron chi connectivity index (χ4n) is 1.85. The standard InChI is InChI=1S/C12H12N4O4/c13-6-8-5-9(16(18)19)1-2-10(8)15-11(17)12(14)3-4-20-7-12/h1-2,5H,3-4,7,14H2,(H,15,17). The first-order valence-electron chi connectivity index (χ1n) is 5.83. The van der Waals surface area contributed by atoms with Gasteiger partial charge in [-0.2, -0.15) is 5.26 Å². The van der Waals surface area contributed by atoms with E-state index in [2.05, 4.69) is 5.32 Å². The van der Waals surface area contributed by atoms with Crippen LogP contribution in [0.3, 0.4) is 0 Å². The molecule has 0 bridgehead atoms. The number of nitrogens with one attached hydrogen (secondary N) is 1. The fraction of sp³-hybridized carbons (Fsp3) is 0.333. The van der Waals surface area contributed by atoms with Crippen molar-refractivity contribution in [2.75, 3.05) is 18.5 Å². The molecule has 1 unspecified atom stereocenters. The quantitative estimate of drug-likeness (QED) is 0.611. The van der Waals surface area contributed by atoms with Gasteiger partial charge in [0.25, 0.3) is 5.69 Å². The molecule has 1 aliphatic heterocycles. The van der Waals surface area contributed by atoms with Crippen molar-refractivity contribution < 1.29 is 14.5 Å². The highest BCUT2D eigenvalue weighted by molar-refractivity contribution is 5.99. The molecular formula is C12H12N4O4. The number of nitro groups is 1. The third-order valence-electron chi connectivity index (χ3n) is 3.09. The largest absolute Gasteiger partial charge is 0.379 e. The molecule has 0 radical (unpaired) electrons. The molecule has 1 aromatic rings. The first-order valence-corrected chi connectivity index (χ1v) is 5.83. The second-order valence-electron chi connectivity index (χ2n) is 4.51. The average molecular weight is 276 g/mol. The monoisotopic (exact) mass is 276 g/mol. The number of amides is 1. The lowest BCUT2D eigenvalue weighted by Gasteiger charge is -2.20. The number of carbonyl (C=O) groups is 1. The van der Waals surface area contributed by atoms with E-state index in [1.807, 2.05) is 6.07 Å². The van der Waals surface area contributed by atoms with Crippen LogP contribution >= 0.6 is 0 Å². The highest BCUT2D eigenvalue weighted by Crippen LogP contribution is 2.24. The third kappa shape index (κ3) is 2.59. The maximum absolute atomic E-state index is 12.1. The number of hydrogen-bond acceptors (Lipinski definition) is 6. The molecule has 1 atom stereocenters. The summed E-state index contributed by atoms with van der Waals surface area (Å²) in [6, 6.07) is 5.44. The lowest BCUT2D eigenvalue weighted by molar-refractivity contribution is -0.384. The summed E-state index contributed by atoms with van der Waals surface area (Å²) >= 11 is 0. The van der Waals surface area contributed by atoms with Gasteiger partial charge in [-0.15, -0.1) is 0 Å². The molecule has 0 aromatic heterocycles. The lowest BCUT2D eigenvalue weighted by atomic mass is 9.99. The molecule has 1 fully saturated rings. The van der Waals surface area contributed by atoms with E-state index in [4.69, 9.17) is 15.7 Å². The molecule has 0 saturated carbocycles. The van der Waals surface area contributed by atoms with E-state index in [-0.39, 0.29) is 23.5 Å². The van der Waals surface area contributed by atoms with Crippen LogP contribution in [-0.2, 0) is 9.53 Å². The molecule has 0 spiro atoms. The Kier molecular flexibility index (Phi) is 3.65. The zero-order valence-electron chi connectivity index (χ0n) is 10.5. The van der Waals surface area contributed by atoms with Gasteiger partial charge in [-0.1, -0.05) is 0 Å². The van der Waals surface area contributed by atoms with Crippen LogP contribution in [0.15, 0.2) is 18.2 Å². The molecular weight excluding hydrogens is 264 g/mol. The van der Waals surface area contributed by atoms with Crippen molar-refractivity contribution in [1.82, 2.24) is 0 Å². The van der Waals surface area contributed by atoms with Gasteiger partial charge in [-0.05, 0) is 12.5 Å². The van der Waals surface area contributed by atoms with Gasteiger partial charge in [-0.25, -0.2) is 0 Å². The molecule has 20 heavy (non-hydrogen) atoms. The molecule has 2 rings (SSSR count). The summed E-state index contributed by atoms with van der Waals surface area (Å²) < 4.78 is 5.09. The number of nitriles is 1. The smallest absolute Gasteiger partial charge is 0.270 e. The number of anilines is 1. The van der Waals surface area contributed by atoms with Crippen molar-refractivity contribution in [3.05, 3.63) is 33.9 Å². The fourth-order valence-corrected chi connectivity index (χ4v) is 1.85. The first-order chi connectivity index (χ1) is 9.46. The molecule has 8 heteroatoms. The second-order valence-corrected chi connectivity index (χ2v) is 4.51. The van der Waals surface area contributed by atoms with Crippen LogP contribution in [-0.4, -0.2) is 29.6 Å². The Morgan fingerprint density at radius 1 is 1.60 bits per heavy atom. The zero-order chi connectivity index (χ0) is 14.8. The third-order valence-corrected chi connectivity index (χ3v) is 3.09. The number of benzene rings is 1. The van der Waals surface area contributed by atoms with E-state index in [0.717, 1.165) is 6.07 Å². The number of carbonyl (C=O) groups excluding carboxylic acids is 1. The van der Waals surface area contributed by atoms with Crippen molar-refractivity contribution in [1.29, 1.82) is 5.26 Å². The minimum absolute atomic E-state index is 0.00932. The number of hydrogen-bond donors (Lipinski definition) is 2. The number of nitrogens with zero attached hydrogens (tertiary/aromatic N) is 2. The minimum atomic E-state index is -1.13. The van der Waals surface area contributed by atoms with Gasteiger partial charge < -0.3 is 15.8 Å². The van der Waals surface area contributed by atoms with Gasteiger partial charge in [0.15, 0.2) is 0 Å². The lowest BCUT2D eigenvalue weighted by Crippen LogP contribution is -2.51. The topological polar surface area (TPSA) is 131 Å². The Bertz CT molecular complexity index is 602. The van der Waals surface area contributed by atoms with E-state index >= 15 is 0 Å². The Hall–Kier alpha value is -2.50. The number of rotatable bonds is 3. The predicted molar refractivity (Wildman–Crippen MR) is 68.8 cm³/mol. The van der Waals surface area contributed by atoms with E-state index < -0.39 is 16.4 Å². The van der Waals surface area contributed by atoms with Crippen molar-refractivity contribution in [2.45, 2.75) is 12.0 Å². The second kappa shape index (κ2) is 5.24. The minimum Gasteiger partial charge on any atom is -0.379 e. The van der Waals surface area contributed by atoms with Crippen LogP contribution in [0, 0.1) is 21.4 Å². The highest BCUT2D eigenvalue weighted by Gasteiger charge is 2.38. The maximum Gasteiger partial charge on any atom is 0.270 e. The molecule has 1 aliphatic rings. The molecule has 1 saturated heterocycles. The van der Waals surface area contributed by atoms with Crippen molar-refractivity contribution in [2.24, 2.45) is 5.73 Å². The SMILES string of the molecule is N#Cc1cc([N+](=O)[O-])ccc1NC(=O)C1(N)CCOC1. The summed E-state index contributed by atoms with van der Waals surface area (Å²) in [5.74, 6) is -0.472. The van der Waals surface area contributed by atoms with E-state index in [0.29, 0.717) is 13.0 Å². The number of non-ortho nitro benzene ring substituents is 1. The van der Waals surface area contributed by atoms with Crippen LogP contribution in [0.25, 0.3) is 0 Å². The Morgan fingerprint density at radius 3 is 2.90 bits per heavy atom. The van der Waals surface area contributed by atoms with Crippen LogP contribution in [0.5, 0.6) is 0 Å². The van der Waals surface area contributed by atoms with E-state index in [9.17, 15) is 14.9 Å². The summed E-state index contributed by atoms with van der Waals surface area (Å²) in [5.41, 5.74) is 4.75. The number of nitrogens with two attached hydrogens (primary N) is 1. The zero-order valence-corrected chi connectivity index (χ0v) is 10.5. The van der Waals surface area contributed by atoms with Crippen molar-refractivity contribution in [3.8, 4) is 6.07 Å². The molecule has 1 amide bonds. The normalized spacial score (nSPS) is 21.2. The van der Waals surface area contributed by atoms with Crippen LogP contribution < -0.4 is 11.1 Å². The average Bonchev–Trinajstić information content (AvgIpc) is 2.87. The van der Waals surface area contributed by atoms with Crippen LogP contribution in [0.4, 0.5) is 11.4 Å². The van der Waals surface area contributed by atoms with Gasteiger partial charge in [-0.3, -0.25) is 14.9 Å². The summed E-state index contributed by atoms with van der Waals surface area (Å²) in [7, 11) is 0. The van der Waals surface area contributed by atoms with E-state index in [1.165, 1.54) is 12.1 Å². The predicted octanol–water partition coefficient (Wildman–Crippen LogP) is 0.523. The summed E-state index contributed by atoms with van der Waals surface area (Å²) in [6.07, 6.45) is 0.383. The van der Waals surface area contributed by atoms with Crippen molar-refractivity contribution >= 4 is 17.3 Å². The molecule has 1 heterocycles. The molecule has 3 N–H and O–H groups in total. The van der Waals surface area contributed by atoms with Crippen LogP contribution in [0.2, 0.25) is 0 Å². The number of nitro benzene ring substituents is 1. The number of ether oxygens (including phenoxy) is 1. The van der Waals surface area contributed by atoms with E-state index in [1.54, 1.807) is 0 Å². The Labute approximate surface area is 114 Å². The molecule has 8 nitrogen and oxygen atoms in total.